The van der Waals surface area contributed by atoms with E-state index in [9.17, 15) is 9.50 Å². The van der Waals surface area contributed by atoms with E-state index < -0.39 is 5.60 Å². The van der Waals surface area contributed by atoms with Gasteiger partial charge in [-0.15, -0.1) is 0 Å². The summed E-state index contributed by atoms with van der Waals surface area (Å²) in [6.45, 7) is 4.20. The van der Waals surface area contributed by atoms with Gasteiger partial charge in [0.2, 0.25) is 0 Å². The summed E-state index contributed by atoms with van der Waals surface area (Å²) < 4.78 is 19.1. The Bertz CT molecular complexity index is 497. The van der Waals surface area contributed by atoms with Gasteiger partial charge < -0.3 is 20.5 Å². The number of aliphatic hydroxyl groups is 1. The molecule has 0 spiro atoms. The van der Waals surface area contributed by atoms with Crippen molar-refractivity contribution in [3.8, 4) is 0 Å². The van der Waals surface area contributed by atoms with Crippen molar-refractivity contribution in [2.75, 3.05) is 39.4 Å². The van der Waals surface area contributed by atoms with Gasteiger partial charge in [0.15, 0.2) is 0 Å². The molecule has 4 nitrogen and oxygen atoms in total. The zero-order chi connectivity index (χ0) is 15.5. The van der Waals surface area contributed by atoms with Crippen molar-refractivity contribution in [2.45, 2.75) is 30.3 Å². The topological polar surface area (TPSA) is 53.5 Å². The zero-order valence-electron chi connectivity index (χ0n) is 12.9. The maximum absolute atomic E-state index is 13.6. The normalized spacial score (nSPS) is 27.9. The molecule has 0 amide bonds. The van der Waals surface area contributed by atoms with Crippen LogP contribution in [-0.2, 0) is 10.2 Å². The summed E-state index contributed by atoms with van der Waals surface area (Å²) in [5, 5.41) is 17.0. The molecule has 0 saturated carbocycles. The molecule has 5 heteroatoms. The fraction of sp³-hybridized carbons (Fsp3) is 0.647. The lowest BCUT2D eigenvalue weighted by Crippen LogP contribution is -2.48. The van der Waals surface area contributed by atoms with E-state index in [0.29, 0.717) is 26.3 Å². The summed E-state index contributed by atoms with van der Waals surface area (Å²) in [5.41, 5.74) is 0.261. The summed E-state index contributed by atoms with van der Waals surface area (Å²) in [6.07, 6.45) is 2.52. The Morgan fingerprint density at radius 2 is 2.05 bits per heavy atom. The molecule has 0 aromatic heterocycles. The van der Waals surface area contributed by atoms with E-state index in [4.69, 9.17) is 4.74 Å². The molecular weight excluding hydrogens is 283 g/mol. The largest absolute Gasteiger partial charge is 0.387 e. The Kier molecular flexibility index (Phi) is 4.78. The number of β-amino-alcohol motifs (C(OH)–C–C–N with tert-alkyl or cyclic N) is 1. The van der Waals surface area contributed by atoms with E-state index in [0.717, 1.165) is 37.9 Å². The maximum Gasteiger partial charge on any atom is 0.123 e. The summed E-state index contributed by atoms with van der Waals surface area (Å²) in [6, 6.07) is 6.90. The molecule has 3 rings (SSSR count). The van der Waals surface area contributed by atoms with E-state index >= 15 is 0 Å². The molecule has 2 fully saturated rings. The van der Waals surface area contributed by atoms with Crippen molar-refractivity contribution in [3.63, 3.8) is 0 Å². The lowest BCUT2D eigenvalue weighted by Gasteiger charge is -2.39. The van der Waals surface area contributed by atoms with Gasteiger partial charge in [-0.1, -0.05) is 12.1 Å². The van der Waals surface area contributed by atoms with Gasteiger partial charge in [0.25, 0.3) is 0 Å². The van der Waals surface area contributed by atoms with Gasteiger partial charge in [-0.05, 0) is 43.5 Å². The van der Waals surface area contributed by atoms with E-state index in [1.165, 1.54) is 6.07 Å². The maximum atomic E-state index is 13.6. The van der Waals surface area contributed by atoms with Gasteiger partial charge in [0, 0.05) is 38.3 Å². The summed E-state index contributed by atoms with van der Waals surface area (Å²) in [4.78, 5) is 0. The van der Waals surface area contributed by atoms with Gasteiger partial charge in [-0.25, -0.2) is 4.39 Å². The standard InChI is InChI=1S/C17H25FN2O2/c18-15-3-1-2-14(10-15)16(5-8-22-9-6-16)11-20-13-17(21)4-7-19-12-17/h1-3,10,19-21H,4-9,11-13H2/t17-/m0/s1. The molecule has 2 saturated heterocycles. The van der Waals surface area contributed by atoms with Gasteiger partial charge in [-0.3, -0.25) is 0 Å². The highest BCUT2D eigenvalue weighted by atomic mass is 19.1. The van der Waals surface area contributed by atoms with Gasteiger partial charge in [0.1, 0.15) is 5.82 Å². The number of rotatable bonds is 5. The number of hydrogen-bond donors (Lipinski definition) is 3. The summed E-state index contributed by atoms with van der Waals surface area (Å²) in [7, 11) is 0. The second-order valence-corrected chi connectivity index (χ2v) is 6.66. The Balaban J connectivity index is 1.69. The minimum absolute atomic E-state index is 0.108. The van der Waals surface area contributed by atoms with Crippen molar-refractivity contribution in [1.82, 2.24) is 10.6 Å². The van der Waals surface area contributed by atoms with Crippen LogP contribution in [0.2, 0.25) is 0 Å². The average Bonchev–Trinajstić information content (AvgIpc) is 2.95. The minimum Gasteiger partial charge on any atom is -0.387 e. The monoisotopic (exact) mass is 308 g/mol. The third-order valence-electron chi connectivity index (χ3n) is 5.03. The predicted octanol–water partition coefficient (Wildman–Crippen LogP) is 1.19. The fourth-order valence-electron chi connectivity index (χ4n) is 3.56. The number of benzene rings is 1. The third-order valence-corrected chi connectivity index (χ3v) is 5.03. The summed E-state index contributed by atoms with van der Waals surface area (Å²) >= 11 is 0. The van der Waals surface area contributed by atoms with Crippen LogP contribution in [0.1, 0.15) is 24.8 Å². The van der Waals surface area contributed by atoms with Crippen LogP contribution in [0.5, 0.6) is 0 Å². The molecule has 0 unspecified atom stereocenters. The number of ether oxygens (including phenoxy) is 1. The number of halogens is 1. The van der Waals surface area contributed by atoms with Crippen LogP contribution in [0.3, 0.4) is 0 Å². The van der Waals surface area contributed by atoms with E-state index in [-0.39, 0.29) is 11.2 Å². The molecule has 2 heterocycles. The van der Waals surface area contributed by atoms with Crippen LogP contribution in [0, 0.1) is 5.82 Å². The van der Waals surface area contributed by atoms with E-state index in [2.05, 4.69) is 10.6 Å². The van der Waals surface area contributed by atoms with Crippen LogP contribution in [0.4, 0.5) is 4.39 Å². The summed E-state index contributed by atoms with van der Waals surface area (Å²) in [5.74, 6) is -0.193. The zero-order valence-corrected chi connectivity index (χ0v) is 12.9. The molecule has 22 heavy (non-hydrogen) atoms. The van der Waals surface area contributed by atoms with Crippen LogP contribution in [-0.4, -0.2) is 50.1 Å². The lowest BCUT2D eigenvalue weighted by molar-refractivity contribution is 0.0387. The van der Waals surface area contributed by atoms with E-state index in [1.54, 1.807) is 12.1 Å². The first-order valence-electron chi connectivity index (χ1n) is 8.10. The van der Waals surface area contributed by atoms with Gasteiger partial charge >= 0.3 is 0 Å². The van der Waals surface area contributed by atoms with Crippen molar-refractivity contribution < 1.29 is 14.2 Å². The van der Waals surface area contributed by atoms with E-state index in [1.807, 2.05) is 6.07 Å². The molecule has 0 aliphatic carbocycles. The highest BCUT2D eigenvalue weighted by Gasteiger charge is 2.36. The molecule has 0 radical (unpaired) electrons. The van der Waals surface area contributed by atoms with Crippen LogP contribution >= 0.6 is 0 Å². The Morgan fingerprint density at radius 3 is 2.73 bits per heavy atom. The quantitative estimate of drug-likeness (QED) is 0.765. The number of hydrogen-bond acceptors (Lipinski definition) is 4. The molecule has 2 aliphatic rings. The smallest absolute Gasteiger partial charge is 0.123 e. The van der Waals surface area contributed by atoms with Crippen LogP contribution in [0.25, 0.3) is 0 Å². The van der Waals surface area contributed by atoms with Crippen molar-refractivity contribution in [2.24, 2.45) is 0 Å². The SMILES string of the molecule is O[C@@]1(CNCC2(c3cccc(F)c3)CCOCC2)CCNC1. The molecular formula is C17H25FN2O2. The Hall–Kier alpha value is -1.01. The molecule has 1 atom stereocenters. The van der Waals surface area contributed by atoms with Gasteiger partial charge in [-0.2, -0.15) is 0 Å². The Labute approximate surface area is 131 Å². The third kappa shape index (κ3) is 3.49. The average molecular weight is 308 g/mol. The molecule has 122 valence electrons. The molecule has 1 aromatic rings. The molecule has 3 N–H and O–H groups in total. The first kappa shape index (κ1) is 15.9. The Morgan fingerprint density at radius 1 is 1.23 bits per heavy atom. The second-order valence-electron chi connectivity index (χ2n) is 6.66. The predicted molar refractivity (Wildman–Crippen MR) is 83.4 cm³/mol. The van der Waals surface area contributed by atoms with Crippen molar-refractivity contribution >= 4 is 0 Å². The highest BCUT2D eigenvalue weighted by molar-refractivity contribution is 5.27. The lowest BCUT2D eigenvalue weighted by atomic mass is 9.74. The van der Waals surface area contributed by atoms with Crippen molar-refractivity contribution in [1.29, 1.82) is 0 Å². The number of nitrogens with one attached hydrogen (secondary N) is 2. The first-order valence-corrected chi connectivity index (χ1v) is 8.10. The molecule has 2 aliphatic heterocycles. The molecule has 0 bridgehead atoms. The minimum atomic E-state index is -0.658. The molecule has 1 aromatic carbocycles. The van der Waals surface area contributed by atoms with Crippen LogP contribution in [0.15, 0.2) is 24.3 Å². The van der Waals surface area contributed by atoms with Gasteiger partial charge in [0.05, 0.1) is 5.60 Å². The highest BCUT2D eigenvalue weighted by Crippen LogP contribution is 2.34. The second kappa shape index (κ2) is 6.62. The first-order chi connectivity index (χ1) is 10.6. The van der Waals surface area contributed by atoms with Crippen LogP contribution < -0.4 is 10.6 Å². The fourth-order valence-corrected chi connectivity index (χ4v) is 3.56. The van der Waals surface area contributed by atoms with Crippen molar-refractivity contribution in [3.05, 3.63) is 35.6 Å².